The summed E-state index contributed by atoms with van der Waals surface area (Å²) in [6.45, 7) is 4.11. The number of alkyl halides is 3. The van der Waals surface area contributed by atoms with Crippen molar-refractivity contribution in [1.29, 1.82) is 0 Å². The van der Waals surface area contributed by atoms with Crippen LogP contribution in [-0.2, 0) is 21.0 Å². The normalized spacial score (nSPS) is 21.8. The predicted octanol–water partition coefficient (Wildman–Crippen LogP) is 5.38. The van der Waals surface area contributed by atoms with Crippen LogP contribution in [0.4, 0.5) is 13.2 Å². The van der Waals surface area contributed by atoms with E-state index in [-0.39, 0.29) is 30.3 Å². The number of amides is 1. The molecule has 2 heterocycles. The molecule has 2 aliphatic rings. The predicted molar refractivity (Wildman–Crippen MR) is 153 cm³/mol. The monoisotopic (exact) mass is 635 g/mol. The van der Waals surface area contributed by atoms with E-state index in [4.69, 9.17) is 27.9 Å². The number of rotatable bonds is 8. The van der Waals surface area contributed by atoms with Crippen molar-refractivity contribution in [2.24, 2.45) is 5.92 Å². The van der Waals surface area contributed by atoms with Gasteiger partial charge in [-0.05, 0) is 61.7 Å². The molecule has 2 aromatic rings. The minimum absolute atomic E-state index is 0.0470. The quantitative estimate of drug-likeness (QED) is 0.390. The molecule has 0 aromatic heterocycles. The van der Waals surface area contributed by atoms with Gasteiger partial charge in [0.25, 0.3) is 0 Å². The Labute approximate surface area is 249 Å². The van der Waals surface area contributed by atoms with Crippen molar-refractivity contribution < 1.29 is 31.1 Å². The Kier molecular flexibility index (Phi) is 9.85. The van der Waals surface area contributed by atoms with Crippen LogP contribution in [0.2, 0.25) is 10.0 Å². The van der Waals surface area contributed by atoms with Crippen LogP contribution < -0.4 is 4.74 Å². The summed E-state index contributed by atoms with van der Waals surface area (Å²) in [6.07, 6.45) is -2.38. The molecule has 0 unspecified atom stereocenters. The van der Waals surface area contributed by atoms with Crippen LogP contribution in [0.25, 0.3) is 0 Å². The Hall–Kier alpha value is -2.05. The SMILES string of the molecule is C[C@@H](Oc1ccc(C(F)(F)F)cc1)[C@@H]1CN(C(=O)CN2CCC(N(C)S(C)(=O)=O)CC2)C[C@H]1c1ccc(Cl)c(Cl)c1. The smallest absolute Gasteiger partial charge is 0.416 e. The highest BCUT2D eigenvalue weighted by atomic mass is 35.5. The maximum atomic E-state index is 13.4. The molecule has 0 bridgehead atoms. The zero-order valence-electron chi connectivity index (χ0n) is 23.1. The average Bonchev–Trinajstić information content (AvgIpc) is 3.36. The van der Waals surface area contributed by atoms with Crippen molar-refractivity contribution in [2.45, 2.75) is 44.0 Å². The van der Waals surface area contributed by atoms with E-state index in [0.717, 1.165) is 17.7 Å². The first-order valence-corrected chi connectivity index (χ1v) is 16.0. The largest absolute Gasteiger partial charge is 0.490 e. The summed E-state index contributed by atoms with van der Waals surface area (Å²) in [7, 11) is -1.69. The molecule has 0 aliphatic carbocycles. The highest BCUT2D eigenvalue weighted by Gasteiger charge is 2.41. The second kappa shape index (κ2) is 12.7. The van der Waals surface area contributed by atoms with Crippen LogP contribution in [0, 0.1) is 5.92 Å². The van der Waals surface area contributed by atoms with Gasteiger partial charge in [0, 0.05) is 51.1 Å². The summed E-state index contributed by atoms with van der Waals surface area (Å²) in [6, 6.07) is 9.85. The van der Waals surface area contributed by atoms with Crippen molar-refractivity contribution in [3.05, 3.63) is 63.6 Å². The average molecular weight is 637 g/mol. The van der Waals surface area contributed by atoms with Crippen molar-refractivity contribution in [3.63, 3.8) is 0 Å². The fraction of sp³-hybridized carbons (Fsp3) is 0.536. The van der Waals surface area contributed by atoms with Gasteiger partial charge in [0.1, 0.15) is 11.9 Å². The van der Waals surface area contributed by atoms with Crippen LogP contribution in [0.5, 0.6) is 5.75 Å². The zero-order chi connectivity index (χ0) is 30.1. The molecular formula is C28H34Cl2F3N3O4S. The first-order valence-electron chi connectivity index (χ1n) is 13.4. The molecule has 0 saturated carbocycles. The van der Waals surface area contributed by atoms with Crippen LogP contribution in [-0.4, -0.2) is 86.6 Å². The van der Waals surface area contributed by atoms with Crippen molar-refractivity contribution in [3.8, 4) is 5.75 Å². The number of ether oxygens (including phenoxy) is 1. The number of halogens is 5. The number of carbonyl (C=O) groups excluding carboxylic acids is 1. The summed E-state index contributed by atoms with van der Waals surface area (Å²) >= 11 is 12.4. The topological polar surface area (TPSA) is 70.2 Å². The van der Waals surface area contributed by atoms with Gasteiger partial charge in [-0.25, -0.2) is 12.7 Å². The molecule has 1 amide bonds. The first kappa shape index (κ1) is 31.9. The summed E-state index contributed by atoms with van der Waals surface area (Å²) in [5, 5.41) is 0.808. The fourth-order valence-electron chi connectivity index (χ4n) is 5.63. The molecule has 2 saturated heterocycles. The van der Waals surface area contributed by atoms with Gasteiger partial charge in [-0.2, -0.15) is 13.2 Å². The molecular weight excluding hydrogens is 602 g/mol. The van der Waals surface area contributed by atoms with Gasteiger partial charge in [0.15, 0.2) is 0 Å². The highest BCUT2D eigenvalue weighted by molar-refractivity contribution is 7.88. The third-order valence-corrected chi connectivity index (χ3v) is 10.2. The van der Waals surface area contributed by atoms with Gasteiger partial charge in [0.05, 0.1) is 28.4 Å². The van der Waals surface area contributed by atoms with E-state index in [1.54, 1.807) is 24.1 Å². The molecule has 0 radical (unpaired) electrons. The van der Waals surface area contributed by atoms with Crippen LogP contribution in [0.1, 0.15) is 36.8 Å². The lowest BCUT2D eigenvalue weighted by atomic mass is 9.85. The van der Waals surface area contributed by atoms with Crippen molar-refractivity contribution >= 4 is 39.1 Å². The molecule has 7 nitrogen and oxygen atoms in total. The van der Waals surface area contributed by atoms with E-state index in [1.165, 1.54) is 22.7 Å². The minimum Gasteiger partial charge on any atom is -0.490 e. The lowest BCUT2D eigenvalue weighted by Crippen LogP contribution is -2.48. The number of likely N-dealkylation sites (tertiary alicyclic amines) is 2. The van der Waals surface area contributed by atoms with Crippen LogP contribution in [0.3, 0.4) is 0 Å². The maximum Gasteiger partial charge on any atom is 0.416 e. The van der Waals surface area contributed by atoms with E-state index < -0.39 is 27.9 Å². The van der Waals surface area contributed by atoms with Crippen molar-refractivity contribution in [2.75, 3.05) is 46.0 Å². The van der Waals surface area contributed by atoms with Crippen LogP contribution >= 0.6 is 23.2 Å². The Balaban J connectivity index is 1.45. The second-order valence-corrected chi connectivity index (χ2v) is 13.7. The standard InChI is InChI=1S/C28H34Cl2F3N3O4S/c1-18(40-22-7-5-20(6-8-22)28(31,32)33)23-15-36(16-24(23)19-4-9-25(29)26(30)14-19)27(37)17-35-12-10-21(11-13-35)34(2)41(3,38)39/h4-9,14,18,21,23-24H,10-13,15-17H2,1-3H3/t18-,23+,24+/m1/s1. The van der Waals surface area contributed by atoms with Crippen LogP contribution in [0.15, 0.2) is 42.5 Å². The first-order chi connectivity index (χ1) is 19.1. The lowest BCUT2D eigenvalue weighted by molar-refractivity contribution is -0.137. The van der Waals surface area contributed by atoms with Gasteiger partial charge in [-0.15, -0.1) is 0 Å². The van der Waals surface area contributed by atoms with Gasteiger partial charge < -0.3 is 9.64 Å². The van der Waals surface area contributed by atoms with Gasteiger partial charge in [-0.1, -0.05) is 29.3 Å². The van der Waals surface area contributed by atoms with E-state index in [2.05, 4.69) is 0 Å². The highest BCUT2D eigenvalue weighted by Crippen LogP contribution is 2.39. The number of hydrogen-bond donors (Lipinski definition) is 0. The van der Waals surface area contributed by atoms with Gasteiger partial charge in [-0.3, -0.25) is 9.69 Å². The summed E-state index contributed by atoms with van der Waals surface area (Å²) < 4.78 is 70.2. The molecule has 0 spiro atoms. The third kappa shape index (κ3) is 7.87. The van der Waals surface area contributed by atoms with E-state index >= 15 is 0 Å². The molecule has 226 valence electrons. The summed E-state index contributed by atoms with van der Waals surface area (Å²) in [4.78, 5) is 17.3. The molecule has 13 heteroatoms. The van der Waals surface area contributed by atoms with E-state index in [9.17, 15) is 26.4 Å². The Bertz CT molecular complexity index is 1340. The minimum atomic E-state index is -4.44. The molecule has 2 aromatic carbocycles. The number of carbonyl (C=O) groups is 1. The number of hydrogen-bond acceptors (Lipinski definition) is 5. The fourth-order valence-corrected chi connectivity index (χ4v) is 6.69. The molecule has 2 aliphatic heterocycles. The Morgan fingerprint density at radius 3 is 2.27 bits per heavy atom. The zero-order valence-corrected chi connectivity index (χ0v) is 25.4. The van der Waals surface area contributed by atoms with Crippen molar-refractivity contribution in [1.82, 2.24) is 14.1 Å². The van der Waals surface area contributed by atoms with E-state index in [0.29, 0.717) is 54.8 Å². The number of benzene rings is 2. The van der Waals surface area contributed by atoms with Gasteiger partial charge >= 0.3 is 6.18 Å². The third-order valence-electron chi connectivity index (χ3n) is 8.15. The second-order valence-electron chi connectivity index (χ2n) is 10.9. The van der Waals surface area contributed by atoms with Gasteiger partial charge in [0.2, 0.25) is 15.9 Å². The summed E-state index contributed by atoms with van der Waals surface area (Å²) in [5.74, 6) is -0.0285. The maximum absolute atomic E-state index is 13.4. The Morgan fingerprint density at radius 2 is 1.71 bits per heavy atom. The summed E-state index contributed by atoms with van der Waals surface area (Å²) in [5.41, 5.74) is 0.142. The molecule has 0 N–H and O–H groups in total. The molecule has 4 rings (SSSR count). The number of piperidine rings is 1. The molecule has 3 atom stereocenters. The Morgan fingerprint density at radius 1 is 1.07 bits per heavy atom. The number of sulfonamides is 1. The lowest BCUT2D eigenvalue weighted by Gasteiger charge is -2.35. The molecule has 2 fully saturated rings. The van der Waals surface area contributed by atoms with E-state index in [1.807, 2.05) is 17.9 Å². The molecule has 41 heavy (non-hydrogen) atoms. The number of nitrogens with zero attached hydrogens (tertiary/aromatic N) is 3.